The molecule has 0 atom stereocenters. The minimum absolute atomic E-state index is 0.487. The molecule has 4 nitrogen and oxygen atoms in total. The van der Waals surface area contributed by atoms with E-state index < -0.39 is 0 Å². The molecule has 3 rings (SSSR count). The number of hydrogen-bond donors (Lipinski definition) is 0. The van der Waals surface area contributed by atoms with Gasteiger partial charge in [0.05, 0.1) is 17.9 Å². The number of benzene rings is 1. The number of aryl methyl sites for hydroxylation is 2. The number of nitrogens with zero attached hydrogens (tertiary/aromatic N) is 2. The minimum atomic E-state index is 0.487. The van der Waals surface area contributed by atoms with Gasteiger partial charge in [-0.2, -0.15) is 0 Å². The summed E-state index contributed by atoms with van der Waals surface area (Å²) in [7, 11) is 0. The lowest BCUT2D eigenvalue weighted by Crippen LogP contribution is -2.15. The molecule has 1 aliphatic heterocycles. The fourth-order valence-electron chi connectivity index (χ4n) is 2.15. The van der Waals surface area contributed by atoms with Crippen molar-refractivity contribution >= 4 is 11.6 Å². The van der Waals surface area contributed by atoms with E-state index in [1.165, 1.54) is 5.56 Å². The van der Waals surface area contributed by atoms with Crippen LogP contribution in [0.4, 0.5) is 0 Å². The van der Waals surface area contributed by atoms with Crippen molar-refractivity contribution in [2.24, 2.45) is 0 Å². The van der Waals surface area contributed by atoms with E-state index in [1.807, 2.05) is 18.5 Å². The maximum Gasteiger partial charge on any atom is 0.161 e. The number of rotatable bonds is 4. The molecule has 100 valence electrons. The Morgan fingerprint density at radius 2 is 2.05 bits per heavy atom. The fourth-order valence-corrected chi connectivity index (χ4v) is 2.38. The molecule has 0 fully saturated rings. The van der Waals surface area contributed by atoms with E-state index in [-0.39, 0.29) is 0 Å². The van der Waals surface area contributed by atoms with Crippen molar-refractivity contribution in [3.05, 3.63) is 42.0 Å². The molecule has 0 aliphatic carbocycles. The van der Waals surface area contributed by atoms with Crippen LogP contribution in [0.15, 0.2) is 30.7 Å². The van der Waals surface area contributed by atoms with Crippen LogP contribution in [0, 0.1) is 0 Å². The topological polar surface area (TPSA) is 36.3 Å². The van der Waals surface area contributed by atoms with E-state index in [4.69, 9.17) is 21.1 Å². The van der Waals surface area contributed by atoms with Crippen molar-refractivity contribution in [1.82, 2.24) is 9.55 Å². The lowest BCUT2D eigenvalue weighted by Gasteiger charge is -2.19. The highest BCUT2D eigenvalue weighted by Gasteiger charge is 2.11. The third-order valence-corrected chi connectivity index (χ3v) is 3.46. The molecule has 0 bridgehead atoms. The smallest absolute Gasteiger partial charge is 0.161 e. The van der Waals surface area contributed by atoms with Crippen LogP contribution < -0.4 is 9.47 Å². The molecule has 0 amide bonds. The summed E-state index contributed by atoms with van der Waals surface area (Å²) in [6, 6.07) is 6.09. The average Bonchev–Trinajstić information content (AvgIpc) is 2.92. The minimum Gasteiger partial charge on any atom is -0.486 e. The summed E-state index contributed by atoms with van der Waals surface area (Å²) >= 11 is 5.85. The van der Waals surface area contributed by atoms with Gasteiger partial charge in [0.25, 0.3) is 0 Å². The van der Waals surface area contributed by atoms with Gasteiger partial charge >= 0.3 is 0 Å². The first-order valence-corrected chi connectivity index (χ1v) is 6.84. The summed E-state index contributed by atoms with van der Waals surface area (Å²) in [5.41, 5.74) is 2.26. The molecule has 0 radical (unpaired) electrons. The zero-order valence-corrected chi connectivity index (χ0v) is 11.3. The summed E-state index contributed by atoms with van der Waals surface area (Å²) in [6.07, 6.45) is 4.53. The summed E-state index contributed by atoms with van der Waals surface area (Å²) in [6.45, 7) is 2.11. The van der Waals surface area contributed by atoms with Gasteiger partial charge in [-0.25, -0.2) is 4.98 Å². The van der Waals surface area contributed by atoms with E-state index in [1.54, 1.807) is 6.20 Å². The number of ether oxygens (including phenoxy) is 2. The van der Waals surface area contributed by atoms with Crippen LogP contribution >= 0.6 is 11.6 Å². The van der Waals surface area contributed by atoms with Gasteiger partial charge in [-0.3, -0.25) is 0 Å². The highest BCUT2D eigenvalue weighted by Crippen LogP contribution is 2.30. The Hall–Kier alpha value is -1.68. The molecule has 0 N–H and O–H groups in total. The van der Waals surface area contributed by atoms with E-state index >= 15 is 0 Å². The monoisotopic (exact) mass is 278 g/mol. The Labute approximate surface area is 116 Å². The number of fused-ring (bicyclic) bond motifs is 1. The number of imidazole rings is 1. The second-order valence-electron chi connectivity index (χ2n) is 4.44. The molecule has 0 saturated heterocycles. The molecule has 5 heteroatoms. The number of alkyl halides is 1. The van der Waals surface area contributed by atoms with Gasteiger partial charge in [0.15, 0.2) is 11.5 Å². The molecular weight excluding hydrogens is 264 g/mol. The van der Waals surface area contributed by atoms with Gasteiger partial charge in [-0.1, -0.05) is 6.07 Å². The molecule has 1 aromatic heterocycles. The van der Waals surface area contributed by atoms with E-state index in [9.17, 15) is 0 Å². The molecule has 0 saturated carbocycles. The first-order valence-electron chi connectivity index (χ1n) is 6.30. The second kappa shape index (κ2) is 5.53. The van der Waals surface area contributed by atoms with Crippen LogP contribution in [0.1, 0.15) is 11.3 Å². The predicted molar refractivity (Wildman–Crippen MR) is 72.9 cm³/mol. The number of halogens is 1. The first kappa shape index (κ1) is 12.4. The van der Waals surface area contributed by atoms with E-state index in [2.05, 4.69) is 15.6 Å². The summed E-state index contributed by atoms with van der Waals surface area (Å²) in [4.78, 5) is 4.11. The highest BCUT2D eigenvalue weighted by molar-refractivity contribution is 6.16. The van der Waals surface area contributed by atoms with Crippen molar-refractivity contribution in [3.8, 4) is 11.5 Å². The molecule has 1 aromatic carbocycles. The van der Waals surface area contributed by atoms with Crippen molar-refractivity contribution < 1.29 is 9.47 Å². The third-order valence-electron chi connectivity index (χ3n) is 3.18. The largest absolute Gasteiger partial charge is 0.486 e. The normalized spacial score (nSPS) is 13.5. The van der Waals surface area contributed by atoms with Crippen molar-refractivity contribution in [3.63, 3.8) is 0 Å². The Bertz CT molecular complexity index is 568. The Morgan fingerprint density at radius 3 is 2.89 bits per heavy atom. The van der Waals surface area contributed by atoms with Crippen LogP contribution in [0.2, 0.25) is 0 Å². The van der Waals surface area contributed by atoms with Gasteiger partial charge in [0, 0.05) is 12.7 Å². The Balaban J connectivity index is 1.70. The number of hydrogen-bond acceptors (Lipinski definition) is 3. The highest BCUT2D eigenvalue weighted by atomic mass is 35.5. The zero-order valence-electron chi connectivity index (χ0n) is 10.5. The van der Waals surface area contributed by atoms with Crippen molar-refractivity contribution in [2.75, 3.05) is 13.2 Å². The molecule has 0 spiro atoms. The SMILES string of the molecule is ClCc1cncn1CCc1ccc2c(c1)OCCO2. The molecule has 1 aliphatic rings. The maximum absolute atomic E-state index is 5.85. The Morgan fingerprint density at radius 1 is 1.21 bits per heavy atom. The lowest BCUT2D eigenvalue weighted by atomic mass is 10.1. The van der Waals surface area contributed by atoms with E-state index in [0.717, 1.165) is 30.2 Å². The summed E-state index contributed by atoms with van der Waals surface area (Å²) < 4.78 is 13.2. The van der Waals surface area contributed by atoms with Crippen molar-refractivity contribution in [2.45, 2.75) is 18.8 Å². The van der Waals surface area contributed by atoms with Crippen LogP contribution in [-0.4, -0.2) is 22.8 Å². The van der Waals surface area contributed by atoms with E-state index in [0.29, 0.717) is 19.1 Å². The zero-order chi connectivity index (χ0) is 13.1. The third kappa shape index (κ3) is 2.68. The van der Waals surface area contributed by atoms with Gasteiger partial charge in [0.1, 0.15) is 13.2 Å². The molecule has 19 heavy (non-hydrogen) atoms. The van der Waals surface area contributed by atoms with Gasteiger partial charge in [0.2, 0.25) is 0 Å². The average molecular weight is 279 g/mol. The molecule has 2 aromatic rings. The van der Waals surface area contributed by atoms with Crippen molar-refractivity contribution in [1.29, 1.82) is 0 Å². The molecule has 0 unspecified atom stereocenters. The van der Waals surface area contributed by atoms with Crippen LogP contribution in [0.5, 0.6) is 11.5 Å². The Kier molecular flexibility index (Phi) is 3.60. The number of aromatic nitrogens is 2. The lowest BCUT2D eigenvalue weighted by molar-refractivity contribution is 0.171. The van der Waals surface area contributed by atoms with Gasteiger partial charge in [-0.05, 0) is 24.1 Å². The van der Waals surface area contributed by atoms with Gasteiger partial charge < -0.3 is 14.0 Å². The second-order valence-corrected chi connectivity index (χ2v) is 4.71. The van der Waals surface area contributed by atoms with Crippen LogP contribution in [0.25, 0.3) is 0 Å². The summed E-state index contributed by atoms with van der Waals surface area (Å²) in [5, 5.41) is 0. The summed E-state index contributed by atoms with van der Waals surface area (Å²) in [5.74, 6) is 2.16. The maximum atomic E-state index is 5.85. The predicted octanol–water partition coefficient (Wildman–Crippen LogP) is 2.64. The standard InChI is InChI=1S/C14H15ClN2O2/c15-8-12-9-16-10-17(12)4-3-11-1-2-13-14(7-11)19-6-5-18-13/h1-2,7,9-10H,3-6,8H2. The molecule has 2 heterocycles. The van der Waals surface area contributed by atoms with Gasteiger partial charge in [-0.15, -0.1) is 11.6 Å². The quantitative estimate of drug-likeness (QED) is 0.807. The first-order chi connectivity index (χ1) is 9.36. The van der Waals surface area contributed by atoms with Crippen LogP contribution in [0.3, 0.4) is 0 Å². The van der Waals surface area contributed by atoms with Crippen LogP contribution in [-0.2, 0) is 18.8 Å². The molecular formula is C14H15ClN2O2. The fraction of sp³-hybridized carbons (Fsp3) is 0.357.